The molecular formula is C15H20BrClN4. The molecule has 114 valence electrons. The zero-order valence-corrected chi connectivity index (χ0v) is 14.9. The molecule has 1 unspecified atom stereocenters. The SMILES string of the molecule is CCCNC(Cc1c(Cl)c(C)nn1C)c1ccc(Br)cn1. The molecule has 4 nitrogen and oxygen atoms in total. The van der Waals surface area contributed by atoms with Crippen molar-refractivity contribution in [2.45, 2.75) is 32.7 Å². The maximum absolute atomic E-state index is 6.37. The van der Waals surface area contributed by atoms with Crippen LogP contribution in [0.4, 0.5) is 0 Å². The van der Waals surface area contributed by atoms with Crippen LogP contribution in [0.5, 0.6) is 0 Å². The molecule has 0 aliphatic heterocycles. The Hall–Kier alpha value is -0.910. The summed E-state index contributed by atoms with van der Waals surface area (Å²) in [5.41, 5.74) is 2.92. The molecule has 2 heterocycles. The third kappa shape index (κ3) is 4.05. The van der Waals surface area contributed by atoms with Gasteiger partial charge in [0.05, 0.1) is 28.1 Å². The van der Waals surface area contributed by atoms with E-state index >= 15 is 0 Å². The van der Waals surface area contributed by atoms with Crippen molar-refractivity contribution in [3.8, 4) is 0 Å². The van der Waals surface area contributed by atoms with Gasteiger partial charge in [-0.05, 0) is 48.0 Å². The molecular weight excluding hydrogens is 352 g/mol. The van der Waals surface area contributed by atoms with E-state index < -0.39 is 0 Å². The summed E-state index contributed by atoms with van der Waals surface area (Å²) in [4.78, 5) is 4.51. The van der Waals surface area contributed by atoms with Crippen LogP contribution >= 0.6 is 27.5 Å². The summed E-state index contributed by atoms with van der Waals surface area (Å²) in [6.07, 6.45) is 3.67. The van der Waals surface area contributed by atoms with Gasteiger partial charge in [0.25, 0.3) is 0 Å². The zero-order chi connectivity index (χ0) is 15.4. The highest BCUT2D eigenvalue weighted by Crippen LogP contribution is 2.25. The van der Waals surface area contributed by atoms with Crippen LogP contribution in [0, 0.1) is 6.92 Å². The molecule has 6 heteroatoms. The summed E-state index contributed by atoms with van der Waals surface area (Å²) in [5, 5.41) is 8.67. The summed E-state index contributed by atoms with van der Waals surface area (Å²) in [6, 6.07) is 4.18. The van der Waals surface area contributed by atoms with Crippen molar-refractivity contribution in [3.63, 3.8) is 0 Å². The number of pyridine rings is 1. The van der Waals surface area contributed by atoms with Gasteiger partial charge in [0, 0.05) is 24.1 Å². The molecule has 0 aliphatic rings. The molecule has 2 aromatic rings. The van der Waals surface area contributed by atoms with Crippen LogP contribution in [-0.2, 0) is 13.5 Å². The Labute approximate surface area is 139 Å². The van der Waals surface area contributed by atoms with Crippen LogP contribution in [0.3, 0.4) is 0 Å². The van der Waals surface area contributed by atoms with Gasteiger partial charge in [-0.2, -0.15) is 5.10 Å². The molecule has 0 saturated heterocycles. The maximum atomic E-state index is 6.37. The van der Waals surface area contributed by atoms with Crippen LogP contribution < -0.4 is 5.32 Å². The molecule has 1 atom stereocenters. The van der Waals surface area contributed by atoms with Crippen molar-refractivity contribution in [3.05, 3.63) is 44.9 Å². The highest BCUT2D eigenvalue weighted by atomic mass is 79.9. The molecule has 0 fully saturated rings. The van der Waals surface area contributed by atoms with E-state index in [1.54, 1.807) is 0 Å². The van der Waals surface area contributed by atoms with E-state index in [0.29, 0.717) is 0 Å². The Kier molecular flexibility index (Phi) is 5.79. The monoisotopic (exact) mass is 370 g/mol. The minimum absolute atomic E-state index is 0.130. The fourth-order valence-corrected chi connectivity index (χ4v) is 2.76. The van der Waals surface area contributed by atoms with E-state index in [9.17, 15) is 0 Å². The summed E-state index contributed by atoms with van der Waals surface area (Å²) in [6.45, 7) is 5.02. The second-order valence-corrected chi connectivity index (χ2v) is 6.38. The number of halogens is 2. The first-order chi connectivity index (χ1) is 10.0. The molecule has 0 aliphatic carbocycles. The van der Waals surface area contributed by atoms with Gasteiger partial charge in [0.1, 0.15) is 0 Å². The lowest BCUT2D eigenvalue weighted by atomic mass is 10.1. The smallest absolute Gasteiger partial charge is 0.0847 e. The van der Waals surface area contributed by atoms with E-state index in [2.05, 4.69) is 38.3 Å². The van der Waals surface area contributed by atoms with E-state index in [4.69, 9.17) is 11.6 Å². The van der Waals surface area contributed by atoms with Gasteiger partial charge in [0.15, 0.2) is 0 Å². The number of aryl methyl sites for hydroxylation is 2. The predicted octanol–water partition coefficient (Wildman–Crippen LogP) is 3.82. The molecule has 0 saturated carbocycles. The van der Waals surface area contributed by atoms with Crippen molar-refractivity contribution in [2.24, 2.45) is 7.05 Å². The topological polar surface area (TPSA) is 42.7 Å². The highest BCUT2D eigenvalue weighted by molar-refractivity contribution is 9.10. The van der Waals surface area contributed by atoms with Crippen molar-refractivity contribution in [1.82, 2.24) is 20.1 Å². The normalized spacial score (nSPS) is 12.6. The van der Waals surface area contributed by atoms with E-state index in [0.717, 1.165) is 46.0 Å². The molecule has 0 amide bonds. The second kappa shape index (κ2) is 7.38. The Morgan fingerprint density at radius 2 is 2.19 bits per heavy atom. The summed E-state index contributed by atoms with van der Waals surface area (Å²) < 4.78 is 2.84. The predicted molar refractivity (Wildman–Crippen MR) is 89.6 cm³/mol. The van der Waals surface area contributed by atoms with Crippen LogP contribution in [0.1, 0.15) is 36.5 Å². The fraction of sp³-hybridized carbons (Fsp3) is 0.467. The van der Waals surface area contributed by atoms with Gasteiger partial charge < -0.3 is 5.32 Å². The van der Waals surface area contributed by atoms with Gasteiger partial charge in [-0.3, -0.25) is 9.67 Å². The van der Waals surface area contributed by atoms with E-state index in [1.165, 1.54) is 0 Å². The standard InChI is InChI=1S/C15H20BrClN4/c1-4-7-18-13(12-6-5-11(16)9-19-12)8-14-15(17)10(2)20-21(14)3/h5-6,9,13,18H,4,7-8H2,1-3H3. The molecule has 0 aromatic carbocycles. The van der Waals surface area contributed by atoms with Crippen LogP contribution in [0.25, 0.3) is 0 Å². The fourth-order valence-electron chi connectivity index (χ4n) is 2.29. The van der Waals surface area contributed by atoms with Gasteiger partial charge in [-0.25, -0.2) is 0 Å². The molecule has 2 aromatic heterocycles. The Bertz CT molecular complexity index is 594. The summed E-state index contributed by atoms with van der Waals surface area (Å²) >= 11 is 9.79. The van der Waals surface area contributed by atoms with Crippen LogP contribution in [0.15, 0.2) is 22.8 Å². The lowest BCUT2D eigenvalue weighted by molar-refractivity contribution is 0.502. The largest absolute Gasteiger partial charge is 0.308 e. The molecule has 21 heavy (non-hydrogen) atoms. The lowest BCUT2D eigenvalue weighted by Gasteiger charge is -2.18. The first kappa shape index (κ1) is 16.5. The maximum Gasteiger partial charge on any atom is 0.0847 e. The molecule has 2 rings (SSSR count). The highest BCUT2D eigenvalue weighted by Gasteiger charge is 2.19. The van der Waals surface area contributed by atoms with Gasteiger partial charge >= 0.3 is 0 Å². The zero-order valence-electron chi connectivity index (χ0n) is 12.5. The van der Waals surface area contributed by atoms with E-state index in [-0.39, 0.29) is 6.04 Å². The minimum Gasteiger partial charge on any atom is -0.308 e. The number of hydrogen-bond acceptors (Lipinski definition) is 3. The summed E-state index contributed by atoms with van der Waals surface area (Å²) in [5.74, 6) is 0. The molecule has 0 spiro atoms. The third-order valence-electron chi connectivity index (χ3n) is 3.41. The number of rotatable bonds is 6. The van der Waals surface area contributed by atoms with Crippen molar-refractivity contribution in [1.29, 1.82) is 0 Å². The molecule has 0 radical (unpaired) electrons. The molecule has 0 bridgehead atoms. The Balaban J connectivity index is 2.25. The first-order valence-corrected chi connectivity index (χ1v) is 8.22. The average molecular weight is 372 g/mol. The first-order valence-electron chi connectivity index (χ1n) is 7.05. The lowest BCUT2D eigenvalue weighted by Crippen LogP contribution is -2.25. The Morgan fingerprint density at radius 1 is 1.43 bits per heavy atom. The van der Waals surface area contributed by atoms with Gasteiger partial charge in [-0.15, -0.1) is 0 Å². The average Bonchev–Trinajstić information content (AvgIpc) is 2.70. The number of nitrogens with zero attached hydrogens (tertiary/aromatic N) is 3. The number of aromatic nitrogens is 3. The van der Waals surface area contributed by atoms with Crippen molar-refractivity contribution in [2.75, 3.05) is 6.54 Å². The van der Waals surface area contributed by atoms with Crippen molar-refractivity contribution >= 4 is 27.5 Å². The number of hydrogen-bond donors (Lipinski definition) is 1. The molecule has 1 N–H and O–H groups in total. The van der Waals surface area contributed by atoms with Crippen LogP contribution in [0.2, 0.25) is 5.02 Å². The quantitative estimate of drug-likeness (QED) is 0.839. The van der Waals surface area contributed by atoms with Crippen LogP contribution in [-0.4, -0.2) is 21.3 Å². The van der Waals surface area contributed by atoms with E-state index in [1.807, 2.05) is 37.0 Å². The number of nitrogens with one attached hydrogen (secondary N) is 1. The van der Waals surface area contributed by atoms with Crippen molar-refractivity contribution < 1.29 is 0 Å². The second-order valence-electron chi connectivity index (χ2n) is 5.08. The summed E-state index contributed by atoms with van der Waals surface area (Å²) in [7, 11) is 1.93. The third-order valence-corrected chi connectivity index (χ3v) is 4.37. The minimum atomic E-state index is 0.130. The van der Waals surface area contributed by atoms with Gasteiger partial charge in [-0.1, -0.05) is 18.5 Å². The Morgan fingerprint density at radius 3 is 2.71 bits per heavy atom. The van der Waals surface area contributed by atoms with Gasteiger partial charge in [0.2, 0.25) is 0 Å².